The predicted octanol–water partition coefficient (Wildman–Crippen LogP) is 3.19. The Bertz CT molecular complexity index is 687. The van der Waals surface area contributed by atoms with Crippen molar-refractivity contribution in [1.29, 1.82) is 0 Å². The lowest BCUT2D eigenvalue weighted by molar-refractivity contribution is -0.139. The molecule has 8 heteroatoms. The molecule has 2 N–H and O–H groups in total. The maximum Gasteiger partial charge on any atom is 0.343 e. The summed E-state index contributed by atoms with van der Waals surface area (Å²) in [6.45, 7) is 5.21. The Morgan fingerprint density at radius 3 is 2.42 bits per heavy atom. The Kier molecular flexibility index (Phi) is 7.74. The minimum Gasteiger partial charge on any atom is -0.462 e. The number of benzene rings is 1. The molecule has 0 heterocycles. The maximum atomic E-state index is 12.0. The van der Waals surface area contributed by atoms with E-state index in [4.69, 9.17) is 27.9 Å². The number of carbonyl (C=O) groups excluding carboxylic acids is 3. The second-order valence-electron chi connectivity index (χ2n) is 4.62. The van der Waals surface area contributed by atoms with Gasteiger partial charge in [0, 0.05) is 12.7 Å². The smallest absolute Gasteiger partial charge is 0.343 e. The fourth-order valence-corrected chi connectivity index (χ4v) is 2.38. The van der Waals surface area contributed by atoms with E-state index >= 15 is 0 Å². The van der Waals surface area contributed by atoms with Gasteiger partial charge < -0.3 is 15.4 Å². The first-order valence-electron chi connectivity index (χ1n) is 7.24. The highest BCUT2D eigenvalue weighted by atomic mass is 35.5. The molecule has 0 radical (unpaired) electrons. The normalized spacial score (nSPS) is 11.0. The van der Waals surface area contributed by atoms with E-state index in [2.05, 4.69) is 10.6 Å². The van der Waals surface area contributed by atoms with Crippen molar-refractivity contribution in [3.8, 4) is 0 Å². The van der Waals surface area contributed by atoms with Gasteiger partial charge in [-0.1, -0.05) is 23.2 Å². The molecule has 6 nitrogen and oxygen atoms in total. The molecule has 0 fully saturated rings. The lowest BCUT2D eigenvalue weighted by Crippen LogP contribution is -2.23. The van der Waals surface area contributed by atoms with Crippen molar-refractivity contribution in [2.24, 2.45) is 0 Å². The fraction of sp³-hybridized carbons (Fsp3) is 0.312. The second-order valence-corrected chi connectivity index (χ2v) is 5.41. The molecule has 1 aromatic carbocycles. The summed E-state index contributed by atoms with van der Waals surface area (Å²) >= 11 is 12.2. The van der Waals surface area contributed by atoms with E-state index in [1.165, 1.54) is 25.3 Å². The number of hydrogen-bond donors (Lipinski definition) is 2. The lowest BCUT2D eigenvalue weighted by Gasteiger charge is -2.12. The average molecular weight is 373 g/mol. The van der Waals surface area contributed by atoms with Gasteiger partial charge in [-0.25, -0.2) is 4.79 Å². The van der Waals surface area contributed by atoms with Crippen molar-refractivity contribution >= 4 is 46.5 Å². The second kappa shape index (κ2) is 9.30. The van der Waals surface area contributed by atoms with E-state index in [0.717, 1.165) is 0 Å². The van der Waals surface area contributed by atoms with Crippen LogP contribution in [0.15, 0.2) is 23.9 Å². The molecule has 1 aromatic rings. The number of hydrogen-bond acceptors (Lipinski definition) is 5. The van der Waals surface area contributed by atoms with Crippen LogP contribution < -0.4 is 10.6 Å². The minimum atomic E-state index is -0.744. The molecule has 0 atom stereocenters. The van der Waals surface area contributed by atoms with Crippen LogP contribution in [0.1, 0.15) is 31.1 Å². The van der Waals surface area contributed by atoms with Crippen LogP contribution >= 0.6 is 23.2 Å². The van der Waals surface area contributed by atoms with Crippen LogP contribution in [0.4, 0.5) is 5.69 Å². The molecule has 0 aliphatic rings. The van der Waals surface area contributed by atoms with E-state index in [0.29, 0.717) is 12.2 Å². The Hall–Kier alpha value is -2.05. The highest BCUT2D eigenvalue weighted by Gasteiger charge is 2.19. The summed E-state index contributed by atoms with van der Waals surface area (Å²) in [6, 6.07) is 3.03. The van der Waals surface area contributed by atoms with Gasteiger partial charge in [0.05, 0.1) is 27.9 Å². The molecule has 130 valence electrons. The molecular formula is C16H18Cl2N2O4. The Balaban J connectivity index is 3.17. The Morgan fingerprint density at radius 2 is 1.88 bits per heavy atom. The van der Waals surface area contributed by atoms with Gasteiger partial charge >= 0.3 is 5.97 Å². The molecule has 0 saturated heterocycles. The van der Waals surface area contributed by atoms with E-state index in [9.17, 15) is 14.4 Å². The third-order valence-electron chi connectivity index (χ3n) is 2.90. The van der Waals surface area contributed by atoms with E-state index in [-0.39, 0.29) is 27.8 Å². The van der Waals surface area contributed by atoms with E-state index in [1.807, 2.05) is 0 Å². The van der Waals surface area contributed by atoms with Gasteiger partial charge in [0.2, 0.25) is 0 Å². The lowest BCUT2D eigenvalue weighted by atomic mass is 10.1. The molecule has 0 aliphatic carbocycles. The fourth-order valence-electron chi connectivity index (χ4n) is 1.78. The Labute approximate surface area is 150 Å². The van der Waals surface area contributed by atoms with E-state index in [1.54, 1.807) is 13.8 Å². The zero-order valence-corrected chi connectivity index (χ0v) is 15.0. The SMILES string of the molecule is CCNC(=O)c1c(Cl)ccc(NC=C(C(C)=O)C(=O)OCC)c1Cl. The van der Waals surface area contributed by atoms with Gasteiger partial charge in [-0.2, -0.15) is 0 Å². The standard InChI is InChI=1S/C16H18Cl2N2O4/c1-4-19-15(22)13-11(17)6-7-12(14(13)18)20-8-10(9(3)21)16(23)24-5-2/h6-8,20H,4-5H2,1-3H3,(H,19,22). The zero-order valence-electron chi connectivity index (χ0n) is 13.5. The first-order valence-corrected chi connectivity index (χ1v) is 7.99. The number of anilines is 1. The van der Waals surface area contributed by atoms with Gasteiger partial charge in [0.15, 0.2) is 5.78 Å². The molecular weight excluding hydrogens is 355 g/mol. The van der Waals surface area contributed by atoms with Crippen LogP contribution in [0.5, 0.6) is 0 Å². The van der Waals surface area contributed by atoms with Crippen molar-refractivity contribution in [1.82, 2.24) is 5.32 Å². The zero-order chi connectivity index (χ0) is 18.3. The largest absolute Gasteiger partial charge is 0.462 e. The summed E-state index contributed by atoms with van der Waals surface area (Å²) in [6.07, 6.45) is 1.19. The molecule has 0 saturated carbocycles. The molecule has 0 aliphatic heterocycles. The summed E-state index contributed by atoms with van der Waals surface area (Å²) in [5, 5.41) is 5.63. The van der Waals surface area contributed by atoms with Crippen molar-refractivity contribution in [2.45, 2.75) is 20.8 Å². The quantitative estimate of drug-likeness (QED) is 0.332. The summed E-state index contributed by atoms with van der Waals surface area (Å²) in [5.74, 6) is -1.63. The number of ketones is 1. The molecule has 1 rings (SSSR count). The van der Waals surface area contributed by atoms with Crippen LogP contribution in [0.2, 0.25) is 10.0 Å². The number of ether oxygens (including phenoxy) is 1. The van der Waals surface area contributed by atoms with Crippen LogP contribution in [0.3, 0.4) is 0 Å². The summed E-state index contributed by atoms with van der Waals surface area (Å²) in [7, 11) is 0. The number of rotatable bonds is 7. The topological polar surface area (TPSA) is 84.5 Å². The first kappa shape index (κ1) is 20.0. The predicted molar refractivity (Wildman–Crippen MR) is 93.5 cm³/mol. The van der Waals surface area contributed by atoms with Gasteiger partial charge in [0.25, 0.3) is 5.91 Å². The highest BCUT2D eigenvalue weighted by molar-refractivity contribution is 6.41. The minimum absolute atomic E-state index is 0.0801. The molecule has 24 heavy (non-hydrogen) atoms. The van der Waals surface area contributed by atoms with Crippen LogP contribution in [0.25, 0.3) is 0 Å². The van der Waals surface area contributed by atoms with Crippen LogP contribution in [-0.4, -0.2) is 30.8 Å². The van der Waals surface area contributed by atoms with Crippen molar-refractivity contribution in [2.75, 3.05) is 18.5 Å². The maximum absolute atomic E-state index is 12.0. The molecule has 0 spiro atoms. The number of Topliss-reactive ketones (excluding diaryl/α,β-unsaturated/α-hetero) is 1. The molecule has 0 aromatic heterocycles. The Morgan fingerprint density at radius 1 is 1.21 bits per heavy atom. The first-order chi connectivity index (χ1) is 11.3. The number of esters is 1. The van der Waals surface area contributed by atoms with Crippen LogP contribution in [0, 0.1) is 0 Å². The number of amides is 1. The van der Waals surface area contributed by atoms with Crippen LogP contribution in [-0.2, 0) is 14.3 Å². The van der Waals surface area contributed by atoms with Crippen molar-refractivity contribution < 1.29 is 19.1 Å². The molecule has 0 bridgehead atoms. The third kappa shape index (κ3) is 4.97. The number of halogens is 2. The third-order valence-corrected chi connectivity index (χ3v) is 3.61. The van der Waals surface area contributed by atoms with Crippen molar-refractivity contribution in [3.63, 3.8) is 0 Å². The monoisotopic (exact) mass is 372 g/mol. The molecule has 0 unspecified atom stereocenters. The number of carbonyl (C=O) groups is 3. The van der Waals surface area contributed by atoms with Gasteiger partial charge in [-0.05, 0) is 32.9 Å². The van der Waals surface area contributed by atoms with Gasteiger partial charge in [-0.3, -0.25) is 9.59 Å². The summed E-state index contributed by atoms with van der Waals surface area (Å²) < 4.78 is 4.81. The molecule has 1 amide bonds. The van der Waals surface area contributed by atoms with E-state index < -0.39 is 17.7 Å². The summed E-state index contributed by atoms with van der Waals surface area (Å²) in [5.41, 5.74) is 0.270. The highest BCUT2D eigenvalue weighted by Crippen LogP contribution is 2.32. The average Bonchev–Trinajstić information content (AvgIpc) is 2.49. The van der Waals surface area contributed by atoms with Crippen molar-refractivity contribution in [3.05, 3.63) is 39.5 Å². The summed E-state index contributed by atoms with van der Waals surface area (Å²) in [4.78, 5) is 35.3. The van der Waals surface area contributed by atoms with Gasteiger partial charge in [-0.15, -0.1) is 0 Å². The number of nitrogens with one attached hydrogen (secondary N) is 2. The van der Waals surface area contributed by atoms with Gasteiger partial charge in [0.1, 0.15) is 5.57 Å².